The lowest BCUT2D eigenvalue weighted by molar-refractivity contribution is -0.230. The van der Waals surface area contributed by atoms with Crippen molar-refractivity contribution >= 4 is 5.97 Å². The summed E-state index contributed by atoms with van der Waals surface area (Å²) in [6.45, 7) is 2.43. The van der Waals surface area contributed by atoms with E-state index in [9.17, 15) is 4.79 Å². The molecule has 7 heteroatoms. The largest absolute Gasteiger partial charge is 0.465 e. The first-order chi connectivity index (χ1) is 12.6. The number of ether oxygens (including phenoxy) is 4. The summed E-state index contributed by atoms with van der Waals surface area (Å²) in [7, 11) is 0. The van der Waals surface area contributed by atoms with Gasteiger partial charge >= 0.3 is 5.97 Å². The lowest BCUT2D eigenvalue weighted by atomic mass is 9.94. The van der Waals surface area contributed by atoms with Gasteiger partial charge in [-0.3, -0.25) is 4.79 Å². The number of aliphatic hydroxyl groups is 2. The molecule has 0 unspecified atom stereocenters. The van der Waals surface area contributed by atoms with Crippen molar-refractivity contribution < 1.29 is 34.0 Å². The van der Waals surface area contributed by atoms with E-state index in [1.54, 1.807) is 6.92 Å². The summed E-state index contributed by atoms with van der Waals surface area (Å²) >= 11 is 0. The van der Waals surface area contributed by atoms with Crippen LogP contribution in [0.2, 0.25) is 0 Å². The molecular formula is C19H28O7. The highest BCUT2D eigenvalue weighted by Crippen LogP contribution is 2.23. The lowest BCUT2D eigenvalue weighted by Crippen LogP contribution is -2.34. The van der Waals surface area contributed by atoms with Crippen LogP contribution in [0.4, 0.5) is 0 Å². The van der Waals surface area contributed by atoms with Crippen LogP contribution in [0, 0.1) is 5.41 Å². The molecule has 0 saturated carbocycles. The second-order valence-electron chi connectivity index (χ2n) is 6.79. The van der Waals surface area contributed by atoms with E-state index in [0.29, 0.717) is 26.2 Å². The predicted molar refractivity (Wildman–Crippen MR) is 93.3 cm³/mol. The summed E-state index contributed by atoms with van der Waals surface area (Å²) in [5, 5.41) is 18.3. The second-order valence-corrected chi connectivity index (χ2v) is 6.79. The molecule has 1 aliphatic rings. The van der Waals surface area contributed by atoms with E-state index < -0.39 is 5.41 Å². The van der Waals surface area contributed by atoms with Gasteiger partial charge in [0.05, 0.1) is 26.4 Å². The number of hydrogen-bond donors (Lipinski definition) is 2. The van der Waals surface area contributed by atoms with Crippen LogP contribution in [0.3, 0.4) is 0 Å². The second kappa shape index (κ2) is 10.6. The monoisotopic (exact) mass is 368 g/mol. The molecule has 0 bridgehead atoms. The molecule has 2 rings (SSSR count). The normalized spacial score (nSPS) is 20.7. The van der Waals surface area contributed by atoms with Crippen LogP contribution >= 0.6 is 0 Å². The molecule has 1 saturated heterocycles. The van der Waals surface area contributed by atoms with Crippen LogP contribution in [-0.4, -0.2) is 61.9 Å². The van der Waals surface area contributed by atoms with E-state index in [4.69, 9.17) is 29.2 Å². The van der Waals surface area contributed by atoms with Gasteiger partial charge in [0.1, 0.15) is 12.7 Å². The Morgan fingerprint density at radius 3 is 2.46 bits per heavy atom. The third-order valence-electron chi connectivity index (χ3n) is 4.16. The molecule has 0 atom stereocenters. The molecule has 1 aromatic carbocycles. The Morgan fingerprint density at radius 1 is 1.19 bits per heavy atom. The number of carbonyl (C=O) groups is 1. The maximum Gasteiger partial charge on any atom is 0.305 e. The summed E-state index contributed by atoms with van der Waals surface area (Å²) < 4.78 is 22.1. The average Bonchev–Trinajstić information content (AvgIpc) is 2.70. The van der Waals surface area contributed by atoms with Crippen LogP contribution in [0.15, 0.2) is 30.3 Å². The van der Waals surface area contributed by atoms with E-state index in [0.717, 1.165) is 5.56 Å². The molecule has 0 aromatic heterocycles. The summed E-state index contributed by atoms with van der Waals surface area (Å²) in [4.78, 5) is 11.7. The van der Waals surface area contributed by atoms with E-state index in [1.807, 2.05) is 30.3 Å². The highest BCUT2D eigenvalue weighted by atomic mass is 16.7. The van der Waals surface area contributed by atoms with Gasteiger partial charge in [0.2, 0.25) is 0 Å². The zero-order chi connectivity index (χ0) is 18.8. The van der Waals surface area contributed by atoms with Crippen molar-refractivity contribution in [1.29, 1.82) is 0 Å². The average molecular weight is 368 g/mol. The Balaban J connectivity index is 1.56. The lowest BCUT2D eigenvalue weighted by Gasteiger charge is -2.29. The molecule has 0 aliphatic carbocycles. The maximum absolute atomic E-state index is 11.7. The minimum atomic E-state index is -0.807. The number of hydrogen-bond acceptors (Lipinski definition) is 7. The minimum Gasteiger partial charge on any atom is -0.465 e. The van der Waals surface area contributed by atoms with Crippen LogP contribution in [0.25, 0.3) is 0 Å². The molecule has 26 heavy (non-hydrogen) atoms. The predicted octanol–water partition coefficient (Wildman–Crippen LogP) is 1.43. The van der Waals surface area contributed by atoms with Crippen molar-refractivity contribution in [3.05, 3.63) is 35.9 Å². The highest BCUT2D eigenvalue weighted by Gasteiger charge is 2.25. The Hall–Kier alpha value is -1.51. The van der Waals surface area contributed by atoms with Crippen LogP contribution < -0.4 is 0 Å². The van der Waals surface area contributed by atoms with E-state index in [2.05, 4.69) is 0 Å². The number of carbonyl (C=O) groups excluding carboxylic acids is 1. The third-order valence-corrected chi connectivity index (χ3v) is 4.16. The molecule has 1 aliphatic heterocycles. The van der Waals surface area contributed by atoms with Crippen molar-refractivity contribution in [1.82, 2.24) is 0 Å². The number of rotatable bonds is 10. The topological polar surface area (TPSA) is 94.5 Å². The van der Waals surface area contributed by atoms with Crippen molar-refractivity contribution in [2.45, 2.75) is 32.2 Å². The molecule has 7 nitrogen and oxygen atoms in total. The molecule has 1 heterocycles. The fourth-order valence-corrected chi connectivity index (χ4v) is 2.32. The molecule has 0 radical (unpaired) electrons. The first-order valence-corrected chi connectivity index (χ1v) is 8.83. The fraction of sp³-hybridized carbons (Fsp3) is 0.632. The Labute approximate surface area is 153 Å². The van der Waals surface area contributed by atoms with E-state index >= 15 is 0 Å². The quantitative estimate of drug-likeness (QED) is 0.476. The number of esters is 1. The summed E-state index contributed by atoms with van der Waals surface area (Å²) in [6.07, 6.45) is 0.219. The molecule has 0 amide bonds. The summed E-state index contributed by atoms with van der Waals surface area (Å²) in [5.41, 5.74) is 0.171. The van der Waals surface area contributed by atoms with E-state index in [-0.39, 0.29) is 44.6 Å². The first kappa shape index (κ1) is 20.8. The molecule has 1 fully saturated rings. The van der Waals surface area contributed by atoms with Crippen molar-refractivity contribution in [2.75, 3.05) is 39.6 Å². The van der Waals surface area contributed by atoms with Crippen molar-refractivity contribution in [2.24, 2.45) is 5.41 Å². The zero-order valence-electron chi connectivity index (χ0n) is 15.1. The smallest absolute Gasteiger partial charge is 0.305 e. The van der Waals surface area contributed by atoms with Crippen LogP contribution in [0.5, 0.6) is 0 Å². The van der Waals surface area contributed by atoms with Gasteiger partial charge < -0.3 is 29.2 Å². The maximum atomic E-state index is 11.7. The van der Waals surface area contributed by atoms with Crippen LogP contribution in [-0.2, 0) is 23.7 Å². The van der Waals surface area contributed by atoms with Crippen molar-refractivity contribution in [3.8, 4) is 0 Å². The minimum absolute atomic E-state index is 0.00906. The molecule has 146 valence electrons. The van der Waals surface area contributed by atoms with Gasteiger partial charge in [0.25, 0.3) is 0 Å². The molecular weight excluding hydrogens is 340 g/mol. The first-order valence-electron chi connectivity index (χ1n) is 8.83. The summed E-state index contributed by atoms with van der Waals surface area (Å²) in [5.74, 6) is -0.373. The highest BCUT2D eigenvalue weighted by molar-refractivity contribution is 5.69. The summed E-state index contributed by atoms with van der Waals surface area (Å²) in [6, 6.07) is 9.73. The Morgan fingerprint density at radius 2 is 1.85 bits per heavy atom. The Bertz CT molecular complexity index is 522. The van der Waals surface area contributed by atoms with Gasteiger partial charge in [-0.1, -0.05) is 37.3 Å². The van der Waals surface area contributed by atoms with Gasteiger partial charge in [0, 0.05) is 24.0 Å². The number of aliphatic hydroxyl groups excluding tert-OH is 2. The molecule has 1 aromatic rings. The zero-order valence-corrected chi connectivity index (χ0v) is 15.1. The van der Waals surface area contributed by atoms with Crippen molar-refractivity contribution in [3.63, 3.8) is 0 Å². The Kier molecular flexibility index (Phi) is 8.47. The van der Waals surface area contributed by atoms with Gasteiger partial charge in [-0.15, -0.1) is 0 Å². The molecule has 2 N–H and O–H groups in total. The van der Waals surface area contributed by atoms with Gasteiger partial charge in [0.15, 0.2) is 6.29 Å². The number of benzene rings is 1. The standard InChI is InChI=1S/C19H28O7/c1-19(12-20,13-21)14-26-17(22)8-5-9-23-16-10-24-18(25-11-16)15-6-3-2-4-7-15/h2-4,6-7,16,18,20-21H,5,8-14H2,1H3. The van der Waals surface area contributed by atoms with E-state index in [1.165, 1.54) is 0 Å². The fourth-order valence-electron chi connectivity index (χ4n) is 2.32. The SMILES string of the molecule is CC(CO)(CO)COC(=O)CCCOC1COC(c2ccccc2)OC1. The van der Waals surface area contributed by atoms with Gasteiger partial charge in [-0.2, -0.15) is 0 Å². The third kappa shape index (κ3) is 6.66. The van der Waals surface area contributed by atoms with Gasteiger partial charge in [-0.05, 0) is 6.42 Å². The molecule has 0 spiro atoms. The van der Waals surface area contributed by atoms with Gasteiger partial charge in [-0.25, -0.2) is 0 Å². The van der Waals surface area contributed by atoms with Crippen LogP contribution in [0.1, 0.15) is 31.6 Å².